The number of benzene rings is 1. The first-order valence-electron chi connectivity index (χ1n) is 7.13. The highest BCUT2D eigenvalue weighted by atomic mass is 127. The summed E-state index contributed by atoms with van der Waals surface area (Å²) in [5.74, 6) is 1.54. The van der Waals surface area contributed by atoms with Crippen LogP contribution in [0.4, 0.5) is 0 Å². The van der Waals surface area contributed by atoms with Gasteiger partial charge in [0.1, 0.15) is 6.54 Å². The van der Waals surface area contributed by atoms with E-state index in [1.165, 1.54) is 9.80 Å². The number of nitrogens with zero attached hydrogens (tertiary/aromatic N) is 2. The number of aliphatic imine (C=N–C) groups is 1. The quantitative estimate of drug-likeness (QED) is 0.212. The van der Waals surface area contributed by atoms with Crippen LogP contribution >= 0.6 is 47.3 Å². The van der Waals surface area contributed by atoms with E-state index in [2.05, 4.69) is 15.6 Å². The molecular formula is C15H24ClIN4OS. The van der Waals surface area contributed by atoms with E-state index < -0.39 is 0 Å². The molecule has 0 spiro atoms. The zero-order chi connectivity index (χ0) is 16.4. The van der Waals surface area contributed by atoms with E-state index in [0.29, 0.717) is 5.96 Å². The zero-order valence-corrected chi connectivity index (χ0v) is 17.5. The summed E-state index contributed by atoms with van der Waals surface area (Å²) in [5.41, 5.74) is 0. The Labute approximate surface area is 164 Å². The van der Waals surface area contributed by atoms with Gasteiger partial charge in [-0.15, -0.1) is 35.7 Å². The number of halogens is 2. The number of amides is 1. The molecule has 0 heterocycles. The third-order valence-electron chi connectivity index (χ3n) is 2.69. The molecule has 0 aliphatic carbocycles. The average Bonchev–Trinajstić information content (AvgIpc) is 2.50. The summed E-state index contributed by atoms with van der Waals surface area (Å²) in [7, 11) is 3.45. The summed E-state index contributed by atoms with van der Waals surface area (Å²) < 4.78 is 0. The summed E-state index contributed by atoms with van der Waals surface area (Å²) in [5, 5.41) is 7.09. The van der Waals surface area contributed by atoms with E-state index >= 15 is 0 Å². The number of guanidine groups is 1. The summed E-state index contributed by atoms with van der Waals surface area (Å²) in [4.78, 5) is 18.5. The monoisotopic (exact) mass is 470 g/mol. The molecule has 0 saturated carbocycles. The lowest BCUT2D eigenvalue weighted by atomic mass is 10.4. The van der Waals surface area contributed by atoms with Crippen LogP contribution in [0.3, 0.4) is 0 Å². The molecule has 1 amide bonds. The van der Waals surface area contributed by atoms with Crippen molar-refractivity contribution in [2.24, 2.45) is 4.99 Å². The minimum absolute atomic E-state index is 0. The third kappa shape index (κ3) is 9.93. The largest absolute Gasteiger partial charge is 0.357 e. The fourth-order valence-electron chi connectivity index (χ4n) is 1.50. The first-order valence-corrected chi connectivity index (χ1v) is 8.50. The van der Waals surface area contributed by atoms with E-state index in [-0.39, 0.29) is 36.4 Å². The summed E-state index contributed by atoms with van der Waals surface area (Å²) in [6, 6.07) is 7.77. The molecule has 0 unspecified atom stereocenters. The van der Waals surface area contributed by atoms with Gasteiger partial charge in [-0.25, -0.2) is 4.99 Å². The maximum Gasteiger partial charge on any atom is 0.243 e. The standard InChI is InChI=1S/C15H23ClN4OS.HI/c1-4-17-15(19-11-14(21)20(2)3)18-9-10-22-13-7-5-12(16)6-8-13;/h5-8H,4,9-11H2,1-3H3,(H2,17,18,19);1H. The molecule has 23 heavy (non-hydrogen) atoms. The number of rotatable bonds is 7. The second-order valence-electron chi connectivity index (χ2n) is 4.71. The van der Waals surface area contributed by atoms with E-state index in [1.807, 2.05) is 31.2 Å². The van der Waals surface area contributed by atoms with Gasteiger partial charge in [-0.3, -0.25) is 4.79 Å². The molecule has 8 heteroatoms. The van der Waals surface area contributed by atoms with Gasteiger partial charge in [0, 0.05) is 42.9 Å². The van der Waals surface area contributed by atoms with Gasteiger partial charge in [0.2, 0.25) is 5.91 Å². The number of likely N-dealkylation sites (N-methyl/N-ethyl adjacent to an activating group) is 1. The molecule has 0 radical (unpaired) electrons. The van der Waals surface area contributed by atoms with Gasteiger partial charge in [0.05, 0.1) is 0 Å². The number of carbonyl (C=O) groups excluding carboxylic acids is 1. The minimum Gasteiger partial charge on any atom is -0.357 e. The maximum atomic E-state index is 11.5. The highest BCUT2D eigenvalue weighted by Gasteiger charge is 2.03. The van der Waals surface area contributed by atoms with Crippen molar-refractivity contribution in [1.82, 2.24) is 15.5 Å². The Morgan fingerprint density at radius 1 is 1.26 bits per heavy atom. The number of hydrogen-bond donors (Lipinski definition) is 2. The van der Waals surface area contributed by atoms with Gasteiger partial charge < -0.3 is 15.5 Å². The fourth-order valence-corrected chi connectivity index (χ4v) is 2.39. The van der Waals surface area contributed by atoms with Gasteiger partial charge >= 0.3 is 0 Å². The lowest BCUT2D eigenvalue weighted by molar-refractivity contribution is -0.127. The van der Waals surface area contributed by atoms with Gasteiger partial charge in [0.25, 0.3) is 0 Å². The van der Waals surface area contributed by atoms with Crippen LogP contribution < -0.4 is 10.6 Å². The molecule has 0 atom stereocenters. The van der Waals surface area contributed by atoms with Crippen molar-refractivity contribution in [3.63, 3.8) is 0 Å². The topological polar surface area (TPSA) is 56.7 Å². The normalized spacial score (nSPS) is 10.7. The second kappa shape index (κ2) is 12.7. The Morgan fingerprint density at radius 2 is 1.91 bits per heavy atom. The maximum absolute atomic E-state index is 11.5. The molecule has 0 bridgehead atoms. The Balaban J connectivity index is 0.00000484. The van der Waals surface area contributed by atoms with Crippen LogP contribution in [0.25, 0.3) is 0 Å². The molecule has 0 saturated heterocycles. The van der Waals surface area contributed by atoms with Crippen molar-refractivity contribution in [3.8, 4) is 0 Å². The van der Waals surface area contributed by atoms with Crippen LogP contribution in [-0.4, -0.2) is 56.2 Å². The van der Waals surface area contributed by atoms with E-state index in [0.717, 1.165) is 23.9 Å². The Kier molecular flexibility index (Phi) is 12.3. The lowest BCUT2D eigenvalue weighted by Crippen LogP contribution is -2.39. The second-order valence-corrected chi connectivity index (χ2v) is 6.32. The van der Waals surface area contributed by atoms with Gasteiger partial charge in [-0.1, -0.05) is 11.6 Å². The Morgan fingerprint density at radius 3 is 2.48 bits per heavy atom. The minimum atomic E-state index is -0.0206. The molecule has 5 nitrogen and oxygen atoms in total. The van der Waals surface area contributed by atoms with Crippen molar-refractivity contribution in [2.75, 3.05) is 39.5 Å². The van der Waals surface area contributed by atoms with Crippen LogP contribution in [0.1, 0.15) is 6.92 Å². The number of carbonyl (C=O) groups is 1. The average molecular weight is 471 g/mol. The predicted molar refractivity (Wildman–Crippen MR) is 110 cm³/mol. The number of nitrogens with one attached hydrogen (secondary N) is 2. The molecule has 1 aromatic carbocycles. The molecule has 0 aliphatic rings. The molecule has 0 fully saturated rings. The van der Waals surface area contributed by atoms with Crippen LogP contribution in [0.15, 0.2) is 34.2 Å². The van der Waals surface area contributed by atoms with Crippen molar-refractivity contribution in [1.29, 1.82) is 0 Å². The number of thioether (sulfide) groups is 1. The predicted octanol–water partition coefficient (Wildman–Crippen LogP) is 2.69. The zero-order valence-electron chi connectivity index (χ0n) is 13.6. The van der Waals surface area contributed by atoms with Gasteiger partial charge in [-0.05, 0) is 31.2 Å². The van der Waals surface area contributed by atoms with Crippen LogP contribution in [0.2, 0.25) is 5.02 Å². The molecule has 130 valence electrons. The molecule has 2 N–H and O–H groups in total. The van der Waals surface area contributed by atoms with Crippen LogP contribution in [0.5, 0.6) is 0 Å². The van der Waals surface area contributed by atoms with E-state index in [4.69, 9.17) is 11.6 Å². The first kappa shape index (κ1) is 22.3. The highest BCUT2D eigenvalue weighted by Crippen LogP contribution is 2.19. The molecule has 0 aliphatic heterocycles. The first-order chi connectivity index (χ1) is 10.5. The Hall–Kier alpha value is -0.670. The van der Waals surface area contributed by atoms with Crippen LogP contribution in [-0.2, 0) is 4.79 Å². The van der Waals surface area contributed by atoms with Crippen molar-refractivity contribution in [2.45, 2.75) is 11.8 Å². The highest BCUT2D eigenvalue weighted by molar-refractivity contribution is 14.0. The lowest BCUT2D eigenvalue weighted by Gasteiger charge is -2.12. The van der Waals surface area contributed by atoms with Gasteiger partial charge in [-0.2, -0.15) is 0 Å². The molecule has 1 aromatic rings. The molecule has 1 rings (SSSR count). The summed E-state index contributed by atoms with van der Waals surface area (Å²) >= 11 is 7.59. The molecule has 0 aromatic heterocycles. The van der Waals surface area contributed by atoms with Crippen molar-refractivity contribution < 1.29 is 4.79 Å². The Bertz CT molecular complexity index is 497. The van der Waals surface area contributed by atoms with Gasteiger partial charge in [0.15, 0.2) is 5.96 Å². The van der Waals surface area contributed by atoms with Crippen molar-refractivity contribution in [3.05, 3.63) is 29.3 Å². The SMILES string of the molecule is CCNC(=NCC(=O)N(C)C)NCCSc1ccc(Cl)cc1.I. The van der Waals surface area contributed by atoms with E-state index in [9.17, 15) is 4.79 Å². The molecular weight excluding hydrogens is 447 g/mol. The van der Waals surface area contributed by atoms with E-state index in [1.54, 1.807) is 25.9 Å². The summed E-state index contributed by atoms with van der Waals surface area (Å²) in [6.45, 7) is 3.65. The summed E-state index contributed by atoms with van der Waals surface area (Å²) in [6.07, 6.45) is 0. The fraction of sp³-hybridized carbons (Fsp3) is 0.467. The number of hydrogen-bond acceptors (Lipinski definition) is 3. The smallest absolute Gasteiger partial charge is 0.243 e. The van der Waals surface area contributed by atoms with Crippen LogP contribution in [0, 0.1) is 0 Å². The van der Waals surface area contributed by atoms with Crippen molar-refractivity contribution >= 4 is 59.2 Å². The third-order valence-corrected chi connectivity index (χ3v) is 3.96.